The van der Waals surface area contributed by atoms with Crippen molar-refractivity contribution in [3.63, 3.8) is 0 Å². The first-order chi connectivity index (χ1) is 8.70. The third kappa shape index (κ3) is 3.11. The number of anilines is 1. The molecule has 94 valence electrons. The summed E-state index contributed by atoms with van der Waals surface area (Å²) in [5.41, 5.74) is 0.962. The van der Waals surface area contributed by atoms with Gasteiger partial charge in [0.05, 0.1) is 16.6 Å². The maximum atomic E-state index is 5.83. The largest absolute Gasteiger partial charge is 0.481 e. The third-order valence-electron chi connectivity index (χ3n) is 2.30. The van der Waals surface area contributed by atoms with Gasteiger partial charge in [-0.15, -0.1) is 0 Å². The molecule has 0 aliphatic carbocycles. The van der Waals surface area contributed by atoms with E-state index in [4.69, 9.17) is 16.3 Å². The van der Waals surface area contributed by atoms with Crippen molar-refractivity contribution in [1.29, 1.82) is 0 Å². The van der Waals surface area contributed by atoms with Crippen LogP contribution in [0.4, 0.5) is 5.82 Å². The molecule has 0 fully saturated rings. The highest BCUT2D eigenvalue weighted by atomic mass is 79.9. The van der Waals surface area contributed by atoms with E-state index in [2.05, 4.69) is 31.2 Å². The molecule has 2 heterocycles. The normalized spacial score (nSPS) is 10.2. The summed E-state index contributed by atoms with van der Waals surface area (Å²) in [4.78, 5) is 8.33. The molecule has 0 saturated heterocycles. The van der Waals surface area contributed by atoms with E-state index < -0.39 is 0 Å². The zero-order chi connectivity index (χ0) is 13.0. The van der Waals surface area contributed by atoms with Crippen LogP contribution in [0.2, 0.25) is 5.02 Å². The second-order valence-corrected chi connectivity index (χ2v) is 4.80. The summed E-state index contributed by atoms with van der Waals surface area (Å²) in [6, 6.07) is 5.60. The molecule has 0 amide bonds. The molecule has 2 rings (SSSR count). The molecule has 2 aromatic heterocycles. The standard InChI is InChI=1S/C12H11BrClN3O/c1-18-12-8(3-2-4-15-12)6-16-11-10(13)5-9(14)7-17-11/h2-5,7H,6H2,1H3,(H,16,17). The van der Waals surface area contributed by atoms with E-state index in [-0.39, 0.29) is 0 Å². The van der Waals surface area contributed by atoms with Gasteiger partial charge in [0.1, 0.15) is 5.82 Å². The fraction of sp³-hybridized carbons (Fsp3) is 0.167. The second kappa shape index (κ2) is 6.02. The highest BCUT2D eigenvalue weighted by Crippen LogP contribution is 2.24. The minimum atomic E-state index is 0.574. The van der Waals surface area contributed by atoms with Crippen molar-refractivity contribution < 1.29 is 4.74 Å². The van der Waals surface area contributed by atoms with Gasteiger partial charge >= 0.3 is 0 Å². The molecular formula is C12H11BrClN3O. The monoisotopic (exact) mass is 327 g/mol. The Labute approximate surface area is 118 Å². The molecule has 6 heteroatoms. The summed E-state index contributed by atoms with van der Waals surface area (Å²) in [5.74, 6) is 1.33. The molecule has 2 aromatic rings. The van der Waals surface area contributed by atoms with Crippen LogP contribution in [-0.2, 0) is 6.54 Å². The zero-order valence-electron chi connectivity index (χ0n) is 9.65. The summed E-state index contributed by atoms with van der Waals surface area (Å²) < 4.78 is 6.00. The fourth-order valence-corrected chi connectivity index (χ4v) is 2.24. The van der Waals surface area contributed by atoms with Crippen LogP contribution in [0.25, 0.3) is 0 Å². The SMILES string of the molecule is COc1ncccc1CNc1ncc(Cl)cc1Br. The molecule has 1 N–H and O–H groups in total. The molecule has 0 aromatic carbocycles. The van der Waals surface area contributed by atoms with Crippen molar-refractivity contribution in [2.24, 2.45) is 0 Å². The number of nitrogens with one attached hydrogen (secondary N) is 1. The lowest BCUT2D eigenvalue weighted by Crippen LogP contribution is -2.04. The van der Waals surface area contributed by atoms with E-state index >= 15 is 0 Å². The Hall–Kier alpha value is -1.33. The Morgan fingerprint density at radius 2 is 2.28 bits per heavy atom. The van der Waals surface area contributed by atoms with Gasteiger partial charge in [-0.25, -0.2) is 9.97 Å². The molecule has 0 saturated carbocycles. The van der Waals surface area contributed by atoms with Gasteiger partial charge in [0.15, 0.2) is 0 Å². The van der Waals surface area contributed by atoms with E-state index in [9.17, 15) is 0 Å². The van der Waals surface area contributed by atoms with Crippen molar-refractivity contribution in [2.75, 3.05) is 12.4 Å². The number of nitrogens with zero attached hydrogens (tertiary/aromatic N) is 2. The van der Waals surface area contributed by atoms with Gasteiger partial charge in [0.2, 0.25) is 5.88 Å². The van der Waals surface area contributed by atoms with Crippen LogP contribution in [0.15, 0.2) is 35.1 Å². The molecule has 4 nitrogen and oxygen atoms in total. The van der Waals surface area contributed by atoms with Gasteiger partial charge in [-0.05, 0) is 28.1 Å². The van der Waals surface area contributed by atoms with Crippen molar-refractivity contribution in [1.82, 2.24) is 9.97 Å². The predicted molar refractivity (Wildman–Crippen MR) is 75.1 cm³/mol. The summed E-state index contributed by atoms with van der Waals surface area (Å²) in [5, 5.41) is 3.78. The molecule has 0 aliphatic rings. The third-order valence-corrected chi connectivity index (χ3v) is 3.11. The minimum Gasteiger partial charge on any atom is -0.481 e. The number of hydrogen-bond acceptors (Lipinski definition) is 4. The number of pyridine rings is 2. The maximum absolute atomic E-state index is 5.83. The number of ether oxygens (including phenoxy) is 1. The first kappa shape index (κ1) is 13.1. The number of halogens is 2. The van der Waals surface area contributed by atoms with Crippen LogP contribution >= 0.6 is 27.5 Å². The summed E-state index contributed by atoms with van der Waals surface area (Å²) in [6.07, 6.45) is 3.29. The lowest BCUT2D eigenvalue weighted by molar-refractivity contribution is 0.393. The summed E-state index contributed by atoms with van der Waals surface area (Å²) >= 11 is 9.23. The van der Waals surface area contributed by atoms with Gasteiger partial charge in [0, 0.05) is 24.5 Å². The molecule has 0 bridgehead atoms. The lowest BCUT2D eigenvalue weighted by Gasteiger charge is -2.10. The quantitative estimate of drug-likeness (QED) is 0.933. The molecule has 0 unspecified atom stereocenters. The van der Waals surface area contributed by atoms with Gasteiger partial charge < -0.3 is 10.1 Å². The number of rotatable bonds is 4. The highest BCUT2D eigenvalue weighted by Gasteiger charge is 2.05. The molecule has 0 aliphatic heterocycles. The fourth-order valence-electron chi connectivity index (χ4n) is 1.47. The minimum absolute atomic E-state index is 0.574. The Morgan fingerprint density at radius 3 is 3.00 bits per heavy atom. The Bertz CT molecular complexity index is 551. The number of hydrogen-bond donors (Lipinski definition) is 1. The predicted octanol–water partition coefficient (Wildman–Crippen LogP) is 3.51. The van der Waals surface area contributed by atoms with Gasteiger partial charge in [-0.2, -0.15) is 0 Å². The lowest BCUT2D eigenvalue weighted by atomic mass is 10.2. The van der Waals surface area contributed by atoms with E-state index in [1.165, 1.54) is 0 Å². The Balaban J connectivity index is 2.11. The van der Waals surface area contributed by atoms with Crippen molar-refractivity contribution in [3.8, 4) is 5.88 Å². The first-order valence-electron chi connectivity index (χ1n) is 5.23. The molecule has 0 radical (unpaired) electrons. The Morgan fingerprint density at radius 1 is 1.44 bits per heavy atom. The number of methoxy groups -OCH3 is 1. The van der Waals surface area contributed by atoms with Crippen LogP contribution in [0, 0.1) is 0 Å². The highest BCUT2D eigenvalue weighted by molar-refractivity contribution is 9.10. The molecule has 0 spiro atoms. The zero-order valence-corrected chi connectivity index (χ0v) is 12.0. The van der Waals surface area contributed by atoms with Gasteiger partial charge in [0.25, 0.3) is 0 Å². The molecular weight excluding hydrogens is 318 g/mol. The number of aromatic nitrogens is 2. The van der Waals surface area contributed by atoms with Crippen LogP contribution < -0.4 is 10.1 Å². The van der Waals surface area contributed by atoms with Crippen LogP contribution in [0.1, 0.15) is 5.56 Å². The van der Waals surface area contributed by atoms with E-state index in [0.717, 1.165) is 15.9 Å². The summed E-state index contributed by atoms with van der Waals surface area (Å²) in [6.45, 7) is 0.574. The van der Waals surface area contributed by atoms with E-state index in [1.54, 1.807) is 25.6 Å². The smallest absolute Gasteiger partial charge is 0.218 e. The van der Waals surface area contributed by atoms with Crippen molar-refractivity contribution >= 4 is 33.3 Å². The molecule has 18 heavy (non-hydrogen) atoms. The Kier molecular flexibility index (Phi) is 4.38. The van der Waals surface area contributed by atoms with Gasteiger partial charge in [-0.3, -0.25) is 0 Å². The average molecular weight is 329 g/mol. The van der Waals surface area contributed by atoms with Crippen LogP contribution in [0.5, 0.6) is 5.88 Å². The van der Waals surface area contributed by atoms with E-state index in [0.29, 0.717) is 17.4 Å². The first-order valence-corrected chi connectivity index (χ1v) is 6.40. The topological polar surface area (TPSA) is 47.0 Å². The van der Waals surface area contributed by atoms with E-state index in [1.807, 2.05) is 12.1 Å². The maximum Gasteiger partial charge on any atom is 0.218 e. The van der Waals surface area contributed by atoms with Crippen LogP contribution in [-0.4, -0.2) is 17.1 Å². The van der Waals surface area contributed by atoms with Crippen LogP contribution in [0.3, 0.4) is 0 Å². The van der Waals surface area contributed by atoms with Crippen molar-refractivity contribution in [2.45, 2.75) is 6.54 Å². The van der Waals surface area contributed by atoms with Gasteiger partial charge in [-0.1, -0.05) is 17.7 Å². The second-order valence-electron chi connectivity index (χ2n) is 3.51. The molecule has 0 atom stereocenters. The van der Waals surface area contributed by atoms with Crippen molar-refractivity contribution in [3.05, 3.63) is 45.7 Å². The average Bonchev–Trinajstić information content (AvgIpc) is 2.38. The summed E-state index contributed by atoms with van der Waals surface area (Å²) in [7, 11) is 1.60.